The lowest BCUT2D eigenvalue weighted by Crippen LogP contribution is -2.52. The number of aromatic amines is 2. The maximum atomic E-state index is 13.3. The molecule has 1 aromatic heterocycles. The molecule has 3 N–H and O–H groups in total. The van der Waals surface area contributed by atoms with Crippen molar-refractivity contribution in [1.82, 2.24) is 19.8 Å². The number of ether oxygens (including phenoxy) is 1. The summed E-state index contributed by atoms with van der Waals surface area (Å²) in [5, 5.41) is 0. The van der Waals surface area contributed by atoms with Crippen molar-refractivity contribution in [2.45, 2.75) is 23.8 Å². The molecule has 0 saturated carbocycles. The summed E-state index contributed by atoms with van der Waals surface area (Å²) in [4.78, 5) is 45.7. The fourth-order valence-corrected chi connectivity index (χ4v) is 5.52. The Morgan fingerprint density at radius 2 is 1.69 bits per heavy atom. The Hall–Kier alpha value is -3.64. The van der Waals surface area contributed by atoms with Gasteiger partial charge in [-0.2, -0.15) is 0 Å². The molecular weight excluding hydrogens is 474 g/mol. The van der Waals surface area contributed by atoms with Crippen molar-refractivity contribution < 1.29 is 22.7 Å². The van der Waals surface area contributed by atoms with E-state index in [9.17, 15) is 22.8 Å². The molecule has 0 spiro atoms. The van der Waals surface area contributed by atoms with Crippen molar-refractivity contribution in [2.24, 2.45) is 0 Å². The van der Waals surface area contributed by atoms with Crippen LogP contribution in [0.4, 0.5) is 5.69 Å². The first-order valence-corrected chi connectivity index (χ1v) is 12.8. The summed E-state index contributed by atoms with van der Waals surface area (Å²) in [6.07, 6.45) is 1.20. The second kappa shape index (κ2) is 9.19. The number of nitrogens with zero attached hydrogens (tertiary/aromatic N) is 2. The van der Waals surface area contributed by atoms with Crippen molar-refractivity contribution >= 4 is 38.6 Å². The van der Waals surface area contributed by atoms with Gasteiger partial charge in [0.15, 0.2) is 0 Å². The molecular formula is C23H25N5O6S. The molecule has 2 saturated heterocycles. The van der Waals surface area contributed by atoms with Crippen molar-refractivity contribution in [3.63, 3.8) is 0 Å². The lowest BCUT2D eigenvalue weighted by molar-refractivity contribution is -0.142. The van der Waals surface area contributed by atoms with Crippen LogP contribution >= 0.6 is 0 Å². The van der Waals surface area contributed by atoms with Gasteiger partial charge in [0.25, 0.3) is 21.8 Å². The fraction of sp³-hybridized carbons (Fsp3) is 0.348. The first-order chi connectivity index (χ1) is 16.8. The number of H-pyrrole nitrogens is 2. The number of amides is 2. The van der Waals surface area contributed by atoms with E-state index >= 15 is 0 Å². The highest BCUT2D eigenvalue weighted by molar-refractivity contribution is 7.92. The maximum Gasteiger partial charge on any atom is 0.323 e. The number of fused-ring (bicyclic) bond motifs is 1. The van der Waals surface area contributed by atoms with E-state index in [-0.39, 0.29) is 28.0 Å². The van der Waals surface area contributed by atoms with Gasteiger partial charge in [0.1, 0.15) is 6.10 Å². The van der Waals surface area contributed by atoms with E-state index < -0.39 is 21.8 Å². The zero-order chi connectivity index (χ0) is 24.6. The third-order valence-electron chi connectivity index (χ3n) is 6.28. The van der Waals surface area contributed by atoms with Crippen LogP contribution in [0.2, 0.25) is 0 Å². The number of para-hydroxylation sites is 1. The van der Waals surface area contributed by atoms with Gasteiger partial charge in [0.05, 0.1) is 27.2 Å². The lowest BCUT2D eigenvalue weighted by Gasteiger charge is -2.36. The number of benzene rings is 2. The van der Waals surface area contributed by atoms with Gasteiger partial charge < -0.3 is 24.5 Å². The smallest absolute Gasteiger partial charge is 0.323 e. The molecule has 5 rings (SSSR count). The fourth-order valence-electron chi connectivity index (χ4n) is 4.42. The molecule has 2 aromatic carbocycles. The molecule has 2 amide bonds. The first kappa shape index (κ1) is 23.1. The number of imidazole rings is 1. The van der Waals surface area contributed by atoms with E-state index in [2.05, 4.69) is 14.7 Å². The molecule has 2 aliphatic rings. The Bertz CT molecular complexity index is 1430. The van der Waals surface area contributed by atoms with Gasteiger partial charge in [-0.05, 0) is 43.2 Å². The Labute approximate surface area is 201 Å². The number of hydrogen-bond donors (Lipinski definition) is 3. The van der Waals surface area contributed by atoms with Crippen LogP contribution in [0.25, 0.3) is 11.0 Å². The van der Waals surface area contributed by atoms with Gasteiger partial charge >= 0.3 is 5.69 Å². The molecule has 0 bridgehead atoms. The van der Waals surface area contributed by atoms with Crippen LogP contribution in [0.15, 0.2) is 52.2 Å². The number of nitrogens with one attached hydrogen (secondary N) is 3. The summed E-state index contributed by atoms with van der Waals surface area (Å²) in [6.45, 7) is 2.07. The minimum atomic E-state index is -4.04. The van der Waals surface area contributed by atoms with E-state index in [4.69, 9.17) is 4.74 Å². The van der Waals surface area contributed by atoms with Gasteiger partial charge in [-0.25, -0.2) is 13.2 Å². The highest BCUT2D eigenvalue weighted by atomic mass is 32.2. The Balaban J connectivity index is 1.31. The number of carbonyl (C=O) groups excluding carboxylic acids is 2. The van der Waals surface area contributed by atoms with Crippen LogP contribution in [0.3, 0.4) is 0 Å². The van der Waals surface area contributed by atoms with Gasteiger partial charge in [-0.3, -0.25) is 14.3 Å². The van der Waals surface area contributed by atoms with Gasteiger partial charge in [0.2, 0.25) is 0 Å². The topological polar surface area (TPSA) is 145 Å². The predicted octanol–water partition coefficient (Wildman–Crippen LogP) is 1.12. The second-order valence-electron chi connectivity index (χ2n) is 8.56. The average molecular weight is 500 g/mol. The largest absolute Gasteiger partial charge is 0.368 e. The molecule has 2 fully saturated rings. The monoisotopic (exact) mass is 499 g/mol. The van der Waals surface area contributed by atoms with Crippen LogP contribution in [0.5, 0.6) is 0 Å². The molecule has 11 nitrogen and oxygen atoms in total. The van der Waals surface area contributed by atoms with Crippen molar-refractivity contribution in [3.05, 3.63) is 58.5 Å². The van der Waals surface area contributed by atoms with Gasteiger partial charge in [-0.1, -0.05) is 12.1 Å². The summed E-state index contributed by atoms with van der Waals surface area (Å²) >= 11 is 0. The van der Waals surface area contributed by atoms with E-state index in [0.29, 0.717) is 43.8 Å². The number of anilines is 1. The Morgan fingerprint density at radius 3 is 2.43 bits per heavy atom. The normalized spacial score (nSPS) is 18.7. The van der Waals surface area contributed by atoms with Crippen LogP contribution < -0.4 is 10.4 Å². The summed E-state index contributed by atoms with van der Waals surface area (Å²) in [5.41, 5.74) is 0.777. The summed E-state index contributed by atoms with van der Waals surface area (Å²) in [7, 11) is -4.04. The molecule has 184 valence electrons. The third kappa shape index (κ3) is 4.66. The second-order valence-corrected chi connectivity index (χ2v) is 10.2. The third-order valence-corrected chi connectivity index (χ3v) is 7.65. The quantitative estimate of drug-likeness (QED) is 0.480. The number of hydrogen-bond acceptors (Lipinski definition) is 6. The summed E-state index contributed by atoms with van der Waals surface area (Å²) in [6, 6.07) is 10.6. The maximum absolute atomic E-state index is 13.3. The number of carbonyl (C=O) groups is 2. The van der Waals surface area contributed by atoms with Crippen LogP contribution in [0.1, 0.15) is 23.2 Å². The SMILES string of the molecule is O=C(c1ccccc1NS(=O)(=O)c1ccc2[nH]c(=O)[nH]c2c1)N1CCN(C(=O)C2CCCO2)CC1. The minimum Gasteiger partial charge on any atom is -0.368 e. The number of sulfonamides is 1. The predicted molar refractivity (Wildman–Crippen MR) is 128 cm³/mol. The lowest BCUT2D eigenvalue weighted by atomic mass is 10.1. The Kier molecular flexibility index (Phi) is 6.07. The molecule has 1 atom stereocenters. The molecule has 1 unspecified atom stereocenters. The average Bonchev–Trinajstić information content (AvgIpc) is 3.52. The molecule has 12 heteroatoms. The van der Waals surface area contributed by atoms with Gasteiger partial charge in [0, 0.05) is 32.8 Å². The molecule has 3 heterocycles. The zero-order valence-corrected chi connectivity index (χ0v) is 19.6. The van der Waals surface area contributed by atoms with Crippen LogP contribution in [-0.2, 0) is 19.6 Å². The molecule has 0 radical (unpaired) electrons. The van der Waals surface area contributed by atoms with Crippen LogP contribution in [0, 0.1) is 0 Å². The van der Waals surface area contributed by atoms with E-state index in [0.717, 1.165) is 12.8 Å². The number of piperazine rings is 1. The molecule has 35 heavy (non-hydrogen) atoms. The molecule has 3 aromatic rings. The van der Waals surface area contributed by atoms with E-state index in [1.165, 1.54) is 24.3 Å². The van der Waals surface area contributed by atoms with Gasteiger partial charge in [-0.15, -0.1) is 0 Å². The van der Waals surface area contributed by atoms with Crippen molar-refractivity contribution in [3.8, 4) is 0 Å². The number of aromatic nitrogens is 2. The van der Waals surface area contributed by atoms with E-state index in [1.54, 1.807) is 28.0 Å². The molecule has 0 aliphatic carbocycles. The standard InChI is InChI=1S/C23H25N5O6S/c29-21(27-9-11-28(12-10-27)22(30)20-6-3-13-34-20)16-4-1-2-5-17(16)26-35(32,33)15-7-8-18-19(14-15)25-23(31)24-18/h1-2,4-5,7-8,14,20,26H,3,6,9-13H2,(H2,24,25,31). The number of rotatable bonds is 5. The Morgan fingerprint density at radius 1 is 0.971 bits per heavy atom. The van der Waals surface area contributed by atoms with E-state index in [1.807, 2.05) is 0 Å². The highest BCUT2D eigenvalue weighted by Crippen LogP contribution is 2.24. The van der Waals surface area contributed by atoms with Crippen molar-refractivity contribution in [1.29, 1.82) is 0 Å². The minimum absolute atomic E-state index is 0.0384. The molecule has 2 aliphatic heterocycles. The first-order valence-electron chi connectivity index (χ1n) is 11.4. The summed E-state index contributed by atoms with van der Waals surface area (Å²) < 4.78 is 34.1. The van der Waals surface area contributed by atoms with Crippen LogP contribution in [-0.4, -0.2) is 78.9 Å². The van der Waals surface area contributed by atoms with Crippen molar-refractivity contribution in [2.75, 3.05) is 37.5 Å². The summed E-state index contributed by atoms with van der Waals surface area (Å²) in [5.74, 6) is -0.360. The zero-order valence-electron chi connectivity index (χ0n) is 18.8. The highest BCUT2D eigenvalue weighted by Gasteiger charge is 2.32.